The molecule has 0 aliphatic rings. The van der Waals surface area contributed by atoms with Crippen molar-refractivity contribution in [3.05, 3.63) is 63.0 Å². The molecule has 1 amide bonds. The van der Waals surface area contributed by atoms with Gasteiger partial charge < -0.3 is 5.32 Å². The minimum absolute atomic E-state index is 0.228. The van der Waals surface area contributed by atoms with Gasteiger partial charge in [-0.05, 0) is 38.5 Å². The number of aromatic nitrogens is 3. The molecule has 0 unspecified atom stereocenters. The minimum Gasteiger partial charge on any atom is -0.345 e. The maximum Gasteiger partial charge on any atom is 0.255 e. The number of aryl methyl sites for hydroxylation is 2. The molecule has 124 valence electrons. The summed E-state index contributed by atoms with van der Waals surface area (Å²) >= 11 is 12.1. The zero-order valence-electron chi connectivity index (χ0n) is 13.5. The van der Waals surface area contributed by atoms with Crippen molar-refractivity contribution in [1.82, 2.24) is 19.9 Å². The topological polar surface area (TPSA) is 59.3 Å². The number of nitrogens with one attached hydrogen (secondary N) is 1. The van der Waals surface area contributed by atoms with E-state index in [0.29, 0.717) is 15.6 Å². The van der Waals surface area contributed by atoms with E-state index in [2.05, 4.69) is 15.4 Å². The van der Waals surface area contributed by atoms with Gasteiger partial charge in [0.15, 0.2) is 5.65 Å². The maximum atomic E-state index is 12.6. The third-order valence-electron chi connectivity index (χ3n) is 3.87. The van der Waals surface area contributed by atoms with Gasteiger partial charge in [-0.3, -0.25) is 4.79 Å². The molecule has 7 heteroatoms. The van der Waals surface area contributed by atoms with Crippen LogP contribution >= 0.6 is 23.2 Å². The highest BCUT2D eigenvalue weighted by Gasteiger charge is 2.18. The second-order valence-corrected chi connectivity index (χ2v) is 6.52. The third kappa shape index (κ3) is 3.09. The van der Waals surface area contributed by atoms with Crippen LogP contribution in [0.25, 0.3) is 5.65 Å². The smallest absolute Gasteiger partial charge is 0.255 e. The lowest BCUT2D eigenvalue weighted by Gasteiger charge is -2.17. The highest BCUT2D eigenvalue weighted by Crippen LogP contribution is 2.26. The first-order chi connectivity index (χ1) is 11.4. The first-order valence-electron chi connectivity index (χ1n) is 7.44. The van der Waals surface area contributed by atoms with E-state index in [-0.39, 0.29) is 11.9 Å². The van der Waals surface area contributed by atoms with E-state index in [1.165, 1.54) is 0 Å². The lowest BCUT2D eigenvalue weighted by Crippen LogP contribution is -2.28. The van der Waals surface area contributed by atoms with E-state index in [1.54, 1.807) is 28.9 Å². The molecular weight excluding hydrogens is 347 g/mol. The van der Waals surface area contributed by atoms with Crippen LogP contribution in [0, 0.1) is 13.8 Å². The summed E-state index contributed by atoms with van der Waals surface area (Å²) in [7, 11) is 0. The van der Waals surface area contributed by atoms with Gasteiger partial charge in [-0.15, -0.1) is 0 Å². The Balaban J connectivity index is 1.88. The van der Waals surface area contributed by atoms with Crippen LogP contribution in [0.15, 0.2) is 30.5 Å². The second-order valence-electron chi connectivity index (χ2n) is 5.67. The fraction of sp³-hybridized carbons (Fsp3) is 0.235. The summed E-state index contributed by atoms with van der Waals surface area (Å²) in [6.07, 6.45) is 1.57. The van der Waals surface area contributed by atoms with Crippen molar-refractivity contribution < 1.29 is 4.79 Å². The molecule has 1 aromatic carbocycles. The van der Waals surface area contributed by atoms with E-state index in [4.69, 9.17) is 23.2 Å². The SMILES string of the molecule is Cc1cc2ncc(C(=O)N[C@@H](C)c3ccc(Cl)cc3Cl)c(C)n2n1. The molecule has 1 atom stereocenters. The average molecular weight is 363 g/mol. The fourth-order valence-corrected chi connectivity index (χ4v) is 3.16. The van der Waals surface area contributed by atoms with E-state index >= 15 is 0 Å². The molecule has 1 N–H and O–H groups in total. The van der Waals surface area contributed by atoms with Gasteiger partial charge in [0, 0.05) is 22.3 Å². The molecule has 0 bridgehead atoms. The van der Waals surface area contributed by atoms with Crippen molar-refractivity contribution in [2.45, 2.75) is 26.8 Å². The number of carbonyl (C=O) groups is 1. The summed E-state index contributed by atoms with van der Waals surface area (Å²) in [6.45, 7) is 5.60. The largest absolute Gasteiger partial charge is 0.345 e. The monoisotopic (exact) mass is 362 g/mol. The summed E-state index contributed by atoms with van der Waals surface area (Å²) < 4.78 is 1.67. The van der Waals surface area contributed by atoms with Crippen LogP contribution in [0.3, 0.4) is 0 Å². The van der Waals surface area contributed by atoms with Crippen molar-refractivity contribution in [2.24, 2.45) is 0 Å². The molecule has 0 saturated carbocycles. The first-order valence-corrected chi connectivity index (χ1v) is 8.20. The molecule has 3 rings (SSSR count). The lowest BCUT2D eigenvalue weighted by atomic mass is 10.1. The lowest BCUT2D eigenvalue weighted by molar-refractivity contribution is 0.0938. The quantitative estimate of drug-likeness (QED) is 0.761. The highest BCUT2D eigenvalue weighted by atomic mass is 35.5. The Hall–Kier alpha value is -2.11. The number of nitrogens with zero attached hydrogens (tertiary/aromatic N) is 3. The van der Waals surface area contributed by atoms with E-state index in [0.717, 1.165) is 22.6 Å². The molecule has 24 heavy (non-hydrogen) atoms. The Kier molecular flexibility index (Phi) is 4.47. The number of hydrogen-bond donors (Lipinski definition) is 1. The molecular formula is C17H16Cl2N4O. The van der Waals surface area contributed by atoms with E-state index < -0.39 is 0 Å². The number of fused-ring (bicyclic) bond motifs is 1. The van der Waals surface area contributed by atoms with Gasteiger partial charge in [-0.2, -0.15) is 5.10 Å². The molecule has 0 fully saturated rings. The van der Waals surface area contributed by atoms with Gasteiger partial charge in [0.25, 0.3) is 5.91 Å². The van der Waals surface area contributed by atoms with Crippen molar-refractivity contribution >= 4 is 34.8 Å². The van der Waals surface area contributed by atoms with Crippen LogP contribution in [0.4, 0.5) is 0 Å². The average Bonchev–Trinajstić information content (AvgIpc) is 2.88. The Morgan fingerprint density at radius 2 is 2.00 bits per heavy atom. The predicted molar refractivity (Wildman–Crippen MR) is 94.8 cm³/mol. The number of rotatable bonds is 3. The van der Waals surface area contributed by atoms with Gasteiger partial charge in [0.05, 0.1) is 23.0 Å². The molecule has 0 saturated heterocycles. The van der Waals surface area contributed by atoms with Crippen LogP contribution in [-0.4, -0.2) is 20.5 Å². The Bertz CT molecular complexity index is 936. The molecule has 3 aromatic rings. The Morgan fingerprint density at radius 3 is 2.71 bits per heavy atom. The van der Waals surface area contributed by atoms with Gasteiger partial charge in [0.2, 0.25) is 0 Å². The minimum atomic E-state index is -0.267. The zero-order valence-corrected chi connectivity index (χ0v) is 15.0. The van der Waals surface area contributed by atoms with Gasteiger partial charge in [0.1, 0.15) is 0 Å². The zero-order chi connectivity index (χ0) is 17.4. The molecule has 2 aromatic heterocycles. The van der Waals surface area contributed by atoms with E-state index in [1.807, 2.05) is 26.8 Å². The normalized spacial score (nSPS) is 12.4. The molecule has 0 radical (unpaired) electrons. The first kappa shape index (κ1) is 16.7. The van der Waals surface area contributed by atoms with Crippen molar-refractivity contribution in [2.75, 3.05) is 0 Å². The van der Waals surface area contributed by atoms with E-state index in [9.17, 15) is 4.79 Å². The number of benzene rings is 1. The number of hydrogen-bond acceptors (Lipinski definition) is 3. The van der Waals surface area contributed by atoms with Crippen LogP contribution < -0.4 is 5.32 Å². The Morgan fingerprint density at radius 1 is 1.25 bits per heavy atom. The molecule has 0 aliphatic heterocycles. The second kappa shape index (κ2) is 6.42. The number of halogens is 2. The standard InChI is InChI=1S/C17H16Cl2N4O/c1-9-6-16-20-8-14(11(3)23(16)22-9)17(24)21-10(2)13-5-4-12(18)7-15(13)19/h4-8,10H,1-3H3,(H,21,24)/t10-/m0/s1. The maximum absolute atomic E-state index is 12.6. The van der Waals surface area contributed by atoms with Crippen LogP contribution in [-0.2, 0) is 0 Å². The summed E-state index contributed by atoms with van der Waals surface area (Å²) in [5.41, 5.74) is 3.58. The van der Waals surface area contributed by atoms with Crippen LogP contribution in [0.5, 0.6) is 0 Å². The summed E-state index contributed by atoms with van der Waals surface area (Å²) in [5, 5.41) is 8.37. The van der Waals surface area contributed by atoms with Gasteiger partial charge >= 0.3 is 0 Å². The molecule has 0 aliphatic carbocycles. The summed E-state index contributed by atoms with van der Waals surface area (Å²) in [4.78, 5) is 16.9. The number of carbonyl (C=O) groups excluding carboxylic acids is 1. The number of amides is 1. The fourth-order valence-electron chi connectivity index (χ4n) is 2.59. The summed E-state index contributed by atoms with van der Waals surface area (Å²) in [5.74, 6) is -0.228. The van der Waals surface area contributed by atoms with Crippen molar-refractivity contribution in [3.8, 4) is 0 Å². The summed E-state index contributed by atoms with van der Waals surface area (Å²) in [6, 6.07) is 6.81. The van der Waals surface area contributed by atoms with Crippen LogP contribution in [0.1, 0.15) is 40.3 Å². The third-order valence-corrected chi connectivity index (χ3v) is 4.43. The molecule has 0 spiro atoms. The van der Waals surface area contributed by atoms with Crippen molar-refractivity contribution in [1.29, 1.82) is 0 Å². The van der Waals surface area contributed by atoms with Crippen LogP contribution in [0.2, 0.25) is 10.0 Å². The van der Waals surface area contributed by atoms with Crippen molar-refractivity contribution in [3.63, 3.8) is 0 Å². The van der Waals surface area contributed by atoms with Gasteiger partial charge in [-0.25, -0.2) is 9.50 Å². The highest BCUT2D eigenvalue weighted by molar-refractivity contribution is 6.35. The Labute approximate surface area is 149 Å². The molecule has 5 nitrogen and oxygen atoms in total. The van der Waals surface area contributed by atoms with Gasteiger partial charge in [-0.1, -0.05) is 29.3 Å². The molecule has 2 heterocycles. The predicted octanol–water partition coefficient (Wildman–Crippen LogP) is 4.14.